The summed E-state index contributed by atoms with van der Waals surface area (Å²) in [5.74, 6) is 0.266. The highest BCUT2D eigenvalue weighted by Gasteiger charge is 2.31. The van der Waals surface area contributed by atoms with Crippen LogP contribution in [0.2, 0.25) is 5.02 Å². The van der Waals surface area contributed by atoms with Gasteiger partial charge in [-0.3, -0.25) is 19.1 Å². The number of imidazole rings is 2. The van der Waals surface area contributed by atoms with Gasteiger partial charge in [-0.25, -0.2) is 26.4 Å². The summed E-state index contributed by atoms with van der Waals surface area (Å²) in [7, 11) is -6.13. The van der Waals surface area contributed by atoms with Crippen molar-refractivity contribution in [1.82, 2.24) is 29.1 Å². The molecule has 2 atom stereocenters. The third kappa shape index (κ3) is 9.39. The molecule has 7 aromatic rings. The Balaban J connectivity index is 1.07. The molecule has 16 nitrogen and oxygen atoms in total. The SMILES string of the molecule is CCOc1cc(C(CS(=O)(=O)CCOc2ccc(C(CS(C)(=O)=O)n3c(=O)[nH]c4cc(-c5nccnc5C5CC5)ccc43)cc2OCC)n2c(=O)[nH]c3c(Cl)cccc32)ccc1OC. The van der Waals surface area contributed by atoms with Crippen LogP contribution in [0.25, 0.3) is 33.3 Å². The number of aromatic amines is 2. The average Bonchev–Trinajstić information content (AvgIpc) is 3.98. The van der Waals surface area contributed by atoms with Gasteiger partial charge < -0.3 is 28.9 Å². The molecular formula is C45H47ClN6O10S2. The minimum atomic E-state index is -3.97. The van der Waals surface area contributed by atoms with Gasteiger partial charge in [0.05, 0.1) is 88.1 Å². The third-order valence-corrected chi connectivity index (χ3v) is 13.9. The Hall–Kier alpha value is -6.11. The first-order valence-corrected chi connectivity index (χ1v) is 25.0. The summed E-state index contributed by atoms with van der Waals surface area (Å²) in [6, 6.07) is 18.3. The van der Waals surface area contributed by atoms with E-state index in [-0.39, 0.29) is 24.7 Å². The molecule has 1 aliphatic rings. The van der Waals surface area contributed by atoms with Crippen molar-refractivity contribution in [3.05, 3.63) is 128 Å². The Morgan fingerprint density at radius 3 is 2.06 bits per heavy atom. The lowest BCUT2D eigenvalue weighted by molar-refractivity contribution is 0.287. The Morgan fingerprint density at radius 2 is 1.39 bits per heavy atom. The Labute approximate surface area is 374 Å². The van der Waals surface area contributed by atoms with Gasteiger partial charge in [0.2, 0.25) is 0 Å². The van der Waals surface area contributed by atoms with Crippen molar-refractivity contribution in [2.75, 3.05) is 50.4 Å². The summed E-state index contributed by atoms with van der Waals surface area (Å²) in [4.78, 5) is 42.1. The first-order chi connectivity index (χ1) is 30.7. The van der Waals surface area contributed by atoms with Gasteiger partial charge in [0, 0.05) is 30.1 Å². The molecule has 1 fully saturated rings. The van der Waals surface area contributed by atoms with Crippen molar-refractivity contribution in [2.45, 2.75) is 44.7 Å². The van der Waals surface area contributed by atoms with Gasteiger partial charge in [0.15, 0.2) is 32.8 Å². The maximum Gasteiger partial charge on any atom is 0.327 e. The maximum atomic E-state index is 14.0. The highest BCUT2D eigenvalue weighted by atomic mass is 35.5. The fraction of sp³-hybridized carbons (Fsp3) is 0.333. The zero-order valence-corrected chi connectivity index (χ0v) is 37.9. The van der Waals surface area contributed by atoms with Crippen LogP contribution in [0.3, 0.4) is 0 Å². The minimum absolute atomic E-state index is 0.201. The molecule has 2 N–H and O–H groups in total. The summed E-state index contributed by atoms with van der Waals surface area (Å²) in [6.45, 7) is 3.80. The van der Waals surface area contributed by atoms with Crippen LogP contribution in [-0.2, 0) is 19.7 Å². The van der Waals surface area contributed by atoms with Gasteiger partial charge in [0.1, 0.15) is 16.4 Å². The van der Waals surface area contributed by atoms with Crippen molar-refractivity contribution in [3.8, 4) is 34.3 Å². The van der Waals surface area contributed by atoms with Crippen molar-refractivity contribution >= 4 is 53.3 Å². The molecule has 8 rings (SSSR count). The number of fused-ring (bicyclic) bond motifs is 2. The van der Waals surface area contributed by atoms with E-state index in [9.17, 15) is 26.4 Å². The summed E-state index contributed by atoms with van der Waals surface area (Å²) >= 11 is 6.43. The number of methoxy groups -OCH3 is 1. The van der Waals surface area contributed by atoms with E-state index < -0.39 is 60.4 Å². The van der Waals surface area contributed by atoms with Crippen LogP contribution >= 0.6 is 11.6 Å². The molecule has 336 valence electrons. The number of benzene rings is 4. The third-order valence-electron chi connectivity index (χ3n) is 11.1. The van der Waals surface area contributed by atoms with Gasteiger partial charge in [-0.1, -0.05) is 35.9 Å². The predicted molar refractivity (Wildman–Crippen MR) is 245 cm³/mol. The lowest BCUT2D eigenvalue weighted by Crippen LogP contribution is -2.30. The van der Waals surface area contributed by atoms with Crippen LogP contribution in [0.1, 0.15) is 61.5 Å². The normalized spacial score (nSPS) is 14.1. The Kier molecular flexibility index (Phi) is 12.6. The highest BCUT2D eigenvalue weighted by molar-refractivity contribution is 7.91. The van der Waals surface area contributed by atoms with E-state index in [0.717, 1.165) is 36.0 Å². The zero-order valence-electron chi connectivity index (χ0n) is 35.5. The lowest BCUT2D eigenvalue weighted by atomic mass is 10.1. The van der Waals surface area contributed by atoms with Gasteiger partial charge in [-0.05, 0) is 86.3 Å². The molecule has 1 aliphatic carbocycles. The number of rotatable bonds is 19. The van der Waals surface area contributed by atoms with Crippen LogP contribution in [0.5, 0.6) is 23.0 Å². The van der Waals surface area contributed by atoms with Crippen molar-refractivity contribution in [3.63, 3.8) is 0 Å². The van der Waals surface area contributed by atoms with E-state index in [1.807, 2.05) is 19.1 Å². The smallest absolute Gasteiger partial charge is 0.327 e. The Morgan fingerprint density at radius 1 is 0.750 bits per heavy atom. The molecule has 0 radical (unpaired) electrons. The van der Waals surface area contributed by atoms with Gasteiger partial charge in [-0.15, -0.1) is 0 Å². The lowest BCUT2D eigenvalue weighted by Gasteiger charge is -2.22. The average molecular weight is 931 g/mol. The molecule has 0 amide bonds. The monoisotopic (exact) mass is 930 g/mol. The molecule has 0 bridgehead atoms. The number of halogens is 1. The van der Waals surface area contributed by atoms with Crippen molar-refractivity contribution in [1.29, 1.82) is 0 Å². The quantitative estimate of drug-likeness (QED) is 0.0894. The standard InChI is InChI=1S/C45H47ClN6O10S2/c1-5-60-39-23-29(13-16-37(39)59-3)36(52-34-9-7-8-31(46)43(34)50-45(52)54)26-64(57,58)21-20-62-38-17-14-28(24-40(38)61-6-2)35(25-63(4,55)56)51-33-15-12-30(22-32(33)49-44(51)53)42-41(27-10-11-27)47-18-19-48-42/h7-9,12-19,22-24,27,35-36H,5-6,10-11,20-21,25-26H2,1-4H3,(H,49,53)(H,50,54). The zero-order chi connectivity index (χ0) is 45.3. The van der Waals surface area contributed by atoms with Crippen LogP contribution in [0.15, 0.2) is 94.8 Å². The van der Waals surface area contributed by atoms with Crippen LogP contribution in [-0.4, -0.2) is 96.4 Å². The minimum Gasteiger partial charge on any atom is -0.493 e. The first kappa shape index (κ1) is 44.5. The number of H-pyrrole nitrogens is 2. The summed E-state index contributed by atoms with van der Waals surface area (Å²) in [6.07, 6.45) is 6.49. The van der Waals surface area contributed by atoms with Gasteiger partial charge >= 0.3 is 11.4 Å². The second-order valence-electron chi connectivity index (χ2n) is 15.6. The van der Waals surface area contributed by atoms with Crippen LogP contribution < -0.4 is 30.3 Å². The molecule has 3 heterocycles. The molecule has 4 aromatic carbocycles. The largest absolute Gasteiger partial charge is 0.493 e. The number of aromatic nitrogens is 6. The number of nitrogens with zero attached hydrogens (tertiary/aromatic N) is 4. The molecule has 0 spiro atoms. The van der Waals surface area contributed by atoms with E-state index in [1.54, 1.807) is 80.0 Å². The van der Waals surface area contributed by atoms with E-state index in [4.69, 9.17) is 30.5 Å². The number of hydrogen-bond donors (Lipinski definition) is 2. The van der Waals surface area contributed by atoms with E-state index in [2.05, 4.69) is 19.9 Å². The summed E-state index contributed by atoms with van der Waals surface area (Å²) < 4.78 is 80.0. The molecule has 0 saturated heterocycles. The van der Waals surface area contributed by atoms with Crippen LogP contribution in [0.4, 0.5) is 0 Å². The van der Waals surface area contributed by atoms with E-state index in [0.29, 0.717) is 62.2 Å². The van der Waals surface area contributed by atoms with Gasteiger partial charge in [-0.2, -0.15) is 0 Å². The predicted octanol–water partition coefficient (Wildman–Crippen LogP) is 6.48. The molecule has 3 aromatic heterocycles. The number of sulfone groups is 2. The Bertz CT molecular complexity index is 3210. The number of hydrogen-bond acceptors (Lipinski definition) is 12. The molecular weight excluding hydrogens is 884 g/mol. The fourth-order valence-corrected chi connectivity index (χ4v) is 10.5. The van der Waals surface area contributed by atoms with E-state index in [1.165, 1.54) is 16.2 Å². The number of para-hydroxylation sites is 1. The second-order valence-corrected chi connectivity index (χ2v) is 20.4. The van der Waals surface area contributed by atoms with E-state index >= 15 is 0 Å². The van der Waals surface area contributed by atoms with Crippen molar-refractivity contribution in [2.24, 2.45) is 0 Å². The summed E-state index contributed by atoms with van der Waals surface area (Å²) in [5, 5.41) is 0.301. The molecule has 2 unspecified atom stereocenters. The molecule has 1 saturated carbocycles. The van der Waals surface area contributed by atoms with Crippen molar-refractivity contribution < 1.29 is 35.8 Å². The first-order valence-electron chi connectivity index (χ1n) is 20.7. The number of nitrogens with one attached hydrogen (secondary N) is 2. The fourth-order valence-electron chi connectivity index (χ4n) is 8.05. The van der Waals surface area contributed by atoms with Gasteiger partial charge in [0.25, 0.3) is 0 Å². The topological polar surface area (TPSA) is 207 Å². The summed E-state index contributed by atoms with van der Waals surface area (Å²) in [5.41, 5.74) is 4.08. The maximum absolute atomic E-state index is 14.0. The van der Waals surface area contributed by atoms with Crippen LogP contribution in [0, 0.1) is 0 Å². The molecule has 0 aliphatic heterocycles. The number of ether oxygens (including phenoxy) is 4. The highest BCUT2D eigenvalue weighted by Crippen LogP contribution is 2.43. The molecule has 19 heteroatoms. The second kappa shape index (κ2) is 18.2. The molecule has 64 heavy (non-hydrogen) atoms.